The molecular formula is C15H15ClFN3O. The van der Waals surface area contributed by atoms with Gasteiger partial charge in [-0.3, -0.25) is 4.79 Å². The van der Waals surface area contributed by atoms with Crippen molar-refractivity contribution < 1.29 is 9.18 Å². The van der Waals surface area contributed by atoms with Crippen molar-refractivity contribution in [1.82, 2.24) is 14.5 Å². The predicted octanol–water partition coefficient (Wildman–Crippen LogP) is 3.15. The summed E-state index contributed by atoms with van der Waals surface area (Å²) in [5.74, 6) is -0.587. The number of rotatable bonds is 2. The van der Waals surface area contributed by atoms with Crippen molar-refractivity contribution in [2.75, 3.05) is 13.1 Å². The zero-order valence-electron chi connectivity index (χ0n) is 11.4. The lowest BCUT2D eigenvalue weighted by Gasteiger charge is -2.33. The molecule has 0 aliphatic carbocycles. The summed E-state index contributed by atoms with van der Waals surface area (Å²) in [6.07, 6.45) is 7.34. The molecule has 21 heavy (non-hydrogen) atoms. The zero-order chi connectivity index (χ0) is 14.8. The summed E-state index contributed by atoms with van der Waals surface area (Å²) >= 11 is 5.98. The second-order valence-corrected chi connectivity index (χ2v) is 5.59. The van der Waals surface area contributed by atoms with Gasteiger partial charge in [0.2, 0.25) is 0 Å². The minimum atomic E-state index is -0.438. The van der Waals surface area contributed by atoms with Crippen molar-refractivity contribution >= 4 is 17.5 Å². The summed E-state index contributed by atoms with van der Waals surface area (Å²) in [7, 11) is 0. The highest BCUT2D eigenvalue weighted by atomic mass is 35.5. The molecule has 4 nitrogen and oxygen atoms in total. The van der Waals surface area contributed by atoms with Gasteiger partial charge in [-0.15, -0.1) is 0 Å². The standard InChI is InChI=1S/C15H15ClFN3O/c16-14-8-11(17)3-4-13(14)15(21)19-6-1-2-12(9-19)20-7-5-18-10-20/h3-5,7-8,10,12H,1-2,6,9H2. The van der Waals surface area contributed by atoms with Gasteiger partial charge in [-0.2, -0.15) is 0 Å². The van der Waals surface area contributed by atoms with Crippen LogP contribution in [0.4, 0.5) is 4.39 Å². The van der Waals surface area contributed by atoms with E-state index in [1.165, 1.54) is 18.2 Å². The first-order chi connectivity index (χ1) is 10.1. The molecule has 0 radical (unpaired) electrons. The Morgan fingerprint density at radius 2 is 2.29 bits per heavy atom. The Hall–Kier alpha value is -1.88. The molecule has 2 aromatic rings. The number of halogens is 2. The van der Waals surface area contributed by atoms with Gasteiger partial charge in [0.1, 0.15) is 5.82 Å². The van der Waals surface area contributed by atoms with E-state index in [0.29, 0.717) is 18.7 Å². The van der Waals surface area contributed by atoms with Crippen LogP contribution in [0.15, 0.2) is 36.9 Å². The average molecular weight is 308 g/mol. The van der Waals surface area contributed by atoms with Crippen molar-refractivity contribution in [2.24, 2.45) is 0 Å². The molecule has 0 spiro atoms. The second kappa shape index (κ2) is 5.85. The molecule has 6 heteroatoms. The summed E-state index contributed by atoms with van der Waals surface area (Å²) in [6, 6.07) is 4.10. The number of carbonyl (C=O) groups is 1. The first-order valence-electron chi connectivity index (χ1n) is 6.87. The van der Waals surface area contributed by atoms with Crippen molar-refractivity contribution in [1.29, 1.82) is 0 Å². The Kier molecular flexibility index (Phi) is 3.92. The van der Waals surface area contributed by atoms with Crippen LogP contribution in [0.5, 0.6) is 0 Å². The molecule has 1 aromatic carbocycles. The Balaban J connectivity index is 1.78. The van der Waals surface area contributed by atoms with Gasteiger partial charge in [0.15, 0.2) is 0 Å². The number of amides is 1. The maximum absolute atomic E-state index is 13.1. The molecule has 1 aromatic heterocycles. The van der Waals surface area contributed by atoms with Crippen molar-refractivity contribution in [3.8, 4) is 0 Å². The van der Waals surface area contributed by atoms with Crippen LogP contribution < -0.4 is 0 Å². The number of aromatic nitrogens is 2. The molecule has 1 unspecified atom stereocenters. The van der Waals surface area contributed by atoms with Crippen molar-refractivity contribution in [2.45, 2.75) is 18.9 Å². The first-order valence-corrected chi connectivity index (χ1v) is 7.24. The van der Waals surface area contributed by atoms with E-state index in [-0.39, 0.29) is 17.0 Å². The largest absolute Gasteiger partial charge is 0.337 e. The lowest BCUT2D eigenvalue weighted by atomic mass is 10.0. The molecule has 1 aliphatic rings. The van der Waals surface area contributed by atoms with Crippen molar-refractivity contribution in [3.63, 3.8) is 0 Å². The summed E-state index contributed by atoms with van der Waals surface area (Å²) < 4.78 is 15.1. The van der Waals surface area contributed by atoms with Gasteiger partial charge in [0.05, 0.1) is 23.0 Å². The first kappa shape index (κ1) is 14.1. The van der Waals surface area contributed by atoms with Crippen molar-refractivity contribution in [3.05, 3.63) is 53.3 Å². The molecule has 2 heterocycles. The third-order valence-electron chi connectivity index (χ3n) is 3.79. The fraction of sp³-hybridized carbons (Fsp3) is 0.333. The van der Waals surface area contributed by atoms with E-state index in [1.54, 1.807) is 17.4 Å². The van der Waals surface area contributed by atoms with Gasteiger partial charge in [-0.1, -0.05) is 11.6 Å². The SMILES string of the molecule is O=C(c1ccc(F)cc1Cl)N1CCCC(n2ccnc2)C1. The number of piperidine rings is 1. The molecule has 110 valence electrons. The number of likely N-dealkylation sites (tertiary alicyclic amines) is 1. The molecule has 1 saturated heterocycles. The lowest BCUT2D eigenvalue weighted by Crippen LogP contribution is -2.40. The van der Waals surface area contributed by atoms with E-state index in [4.69, 9.17) is 11.6 Å². The van der Waals surface area contributed by atoms with Gasteiger partial charge >= 0.3 is 0 Å². The van der Waals surface area contributed by atoms with Gasteiger partial charge in [-0.25, -0.2) is 9.37 Å². The minimum Gasteiger partial charge on any atom is -0.337 e. The Morgan fingerprint density at radius 3 is 3.00 bits per heavy atom. The van der Waals surface area contributed by atoms with Gasteiger partial charge in [0, 0.05) is 25.5 Å². The van der Waals surface area contributed by atoms with E-state index in [1.807, 2.05) is 10.8 Å². The highest BCUT2D eigenvalue weighted by molar-refractivity contribution is 6.33. The van der Waals surface area contributed by atoms with Crippen LogP contribution in [0.3, 0.4) is 0 Å². The van der Waals surface area contributed by atoms with Gasteiger partial charge in [-0.05, 0) is 31.0 Å². The van der Waals surface area contributed by atoms with Gasteiger partial charge < -0.3 is 9.47 Å². The average Bonchev–Trinajstić information content (AvgIpc) is 3.01. The lowest BCUT2D eigenvalue weighted by molar-refractivity contribution is 0.0679. The quantitative estimate of drug-likeness (QED) is 0.855. The molecule has 3 rings (SSSR count). The number of nitrogens with zero attached hydrogens (tertiary/aromatic N) is 3. The van der Waals surface area contributed by atoms with E-state index in [2.05, 4.69) is 4.98 Å². The molecular weight excluding hydrogens is 293 g/mol. The molecule has 0 bridgehead atoms. The second-order valence-electron chi connectivity index (χ2n) is 5.18. The van der Waals surface area contributed by atoms with E-state index in [9.17, 15) is 9.18 Å². The van der Waals surface area contributed by atoms with E-state index in [0.717, 1.165) is 12.8 Å². The predicted molar refractivity (Wildman–Crippen MR) is 77.8 cm³/mol. The molecule has 1 fully saturated rings. The van der Waals surface area contributed by atoms with Crippen LogP contribution in [0.2, 0.25) is 5.02 Å². The maximum Gasteiger partial charge on any atom is 0.255 e. The third-order valence-corrected chi connectivity index (χ3v) is 4.10. The van der Waals surface area contributed by atoms with Crippen LogP contribution in [0.1, 0.15) is 29.2 Å². The van der Waals surface area contributed by atoms with E-state index >= 15 is 0 Å². The Bertz CT molecular complexity index is 644. The fourth-order valence-corrected chi connectivity index (χ4v) is 2.95. The molecule has 0 saturated carbocycles. The smallest absolute Gasteiger partial charge is 0.255 e. The molecule has 1 atom stereocenters. The van der Waals surface area contributed by atoms with Crippen LogP contribution in [0.25, 0.3) is 0 Å². The maximum atomic E-state index is 13.1. The van der Waals surface area contributed by atoms with Crippen LogP contribution in [0, 0.1) is 5.82 Å². The summed E-state index contributed by atoms with van der Waals surface area (Å²) in [5.41, 5.74) is 0.351. The van der Waals surface area contributed by atoms with Gasteiger partial charge in [0.25, 0.3) is 5.91 Å². The van der Waals surface area contributed by atoms with E-state index < -0.39 is 5.82 Å². The number of hydrogen-bond acceptors (Lipinski definition) is 2. The number of hydrogen-bond donors (Lipinski definition) is 0. The van der Waals surface area contributed by atoms with Crippen LogP contribution >= 0.6 is 11.6 Å². The third kappa shape index (κ3) is 2.93. The monoisotopic (exact) mass is 307 g/mol. The molecule has 0 N–H and O–H groups in total. The zero-order valence-corrected chi connectivity index (χ0v) is 12.1. The van der Waals surface area contributed by atoms with Crippen LogP contribution in [-0.4, -0.2) is 33.4 Å². The number of carbonyl (C=O) groups excluding carboxylic acids is 1. The summed E-state index contributed by atoms with van der Waals surface area (Å²) in [5, 5.41) is 0.157. The normalized spacial score (nSPS) is 18.8. The Morgan fingerprint density at radius 1 is 1.43 bits per heavy atom. The highest BCUT2D eigenvalue weighted by Gasteiger charge is 2.26. The molecule has 1 amide bonds. The molecule has 1 aliphatic heterocycles. The topological polar surface area (TPSA) is 38.1 Å². The highest BCUT2D eigenvalue weighted by Crippen LogP contribution is 2.25. The summed E-state index contributed by atoms with van der Waals surface area (Å²) in [6.45, 7) is 1.31. The fourth-order valence-electron chi connectivity index (χ4n) is 2.70. The number of benzene rings is 1. The summed E-state index contributed by atoms with van der Waals surface area (Å²) in [4.78, 5) is 18.4. The van der Waals surface area contributed by atoms with Crippen LogP contribution in [-0.2, 0) is 0 Å². The minimum absolute atomic E-state index is 0.148. The Labute approximate surface area is 127 Å². The number of imidazole rings is 1.